The molecule has 0 aromatic heterocycles. The summed E-state index contributed by atoms with van der Waals surface area (Å²) in [4.78, 5) is 2.32. The van der Waals surface area contributed by atoms with E-state index < -0.39 is 0 Å². The molecule has 1 aromatic carbocycles. The fourth-order valence-corrected chi connectivity index (χ4v) is 2.98. The topological polar surface area (TPSA) is 47.7 Å². The maximum absolute atomic E-state index is 6.13. The van der Waals surface area contributed by atoms with Crippen molar-refractivity contribution in [1.82, 2.24) is 4.90 Å². The maximum Gasteiger partial charge on any atom is 0.0589 e. The molecule has 0 amide bonds. The molecule has 2 N–H and O–H groups in total. The average molecular weight is 380 g/mol. The minimum atomic E-state index is 0.102. The van der Waals surface area contributed by atoms with Gasteiger partial charge in [0, 0.05) is 56.0 Å². The van der Waals surface area contributed by atoms with Gasteiger partial charge in [0.15, 0.2) is 0 Å². The second-order valence-electron chi connectivity index (χ2n) is 4.79. The van der Waals surface area contributed by atoms with Gasteiger partial charge in [-0.1, -0.05) is 27.5 Å². The summed E-state index contributed by atoms with van der Waals surface area (Å²) in [6.45, 7) is 3.65. The van der Waals surface area contributed by atoms with E-state index in [0.29, 0.717) is 13.2 Å². The van der Waals surface area contributed by atoms with E-state index in [-0.39, 0.29) is 6.04 Å². The van der Waals surface area contributed by atoms with Gasteiger partial charge in [-0.25, -0.2) is 0 Å². The Morgan fingerprint density at radius 2 is 1.95 bits per heavy atom. The second-order valence-corrected chi connectivity index (χ2v) is 6.08. The van der Waals surface area contributed by atoms with Gasteiger partial charge in [0.25, 0.3) is 0 Å². The summed E-state index contributed by atoms with van der Waals surface area (Å²) in [5, 5.41) is 0.718. The highest BCUT2D eigenvalue weighted by Gasteiger charge is 2.21. The molecule has 0 aliphatic rings. The monoisotopic (exact) mass is 378 g/mol. The van der Waals surface area contributed by atoms with Crippen LogP contribution < -0.4 is 5.73 Å². The zero-order valence-electron chi connectivity index (χ0n) is 12.6. The summed E-state index contributed by atoms with van der Waals surface area (Å²) in [5.74, 6) is 0. The van der Waals surface area contributed by atoms with Crippen LogP contribution in [0.3, 0.4) is 0 Å². The summed E-state index contributed by atoms with van der Waals surface area (Å²) in [6, 6.07) is 5.90. The van der Waals surface area contributed by atoms with Crippen molar-refractivity contribution in [2.24, 2.45) is 5.73 Å². The highest BCUT2D eigenvalue weighted by atomic mass is 79.9. The van der Waals surface area contributed by atoms with Crippen LogP contribution in [0.4, 0.5) is 0 Å². The largest absolute Gasteiger partial charge is 0.385 e. The van der Waals surface area contributed by atoms with Gasteiger partial charge in [0.2, 0.25) is 0 Å². The first-order valence-corrected chi connectivity index (χ1v) is 8.18. The van der Waals surface area contributed by atoms with Crippen LogP contribution in [0.15, 0.2) is 22.7 Å². The quantitative estimate of drug-likeness (QED) is 0.635. The molecule has 1 atom stereocenters. The lowest BCUT2D eigenvalue weighted by Gasteiger charge is -2.31. The van der Waals surface area contributed by atoms with Gasteiger partial charge in [-0.3, -0.25) is 4.90 Å². The Balaban J connectivity index is 2.90. The average Bonchev–Trinajstić information content (AvgIpc) is 2.48. The fraction of sp³-hybridized carbons (Fsp3) is 0.600. The van der Waals surface area contributed by atoms with Gasteiger partial charge < -0.3 is 15.2 Å². The first-order chi connectivity index (χ1) is 10.1. The Morgan fingerprint density at radius 3 is 2.57 bits per heavy atom. The minimum Gasteiger partial charge on any atom is -0.385 e. The second kappa shape index (κ2) is 10.5. The van der Waals surface area contributed by atoms with Crippen LogP contribution >= 0.6 is 27.5 Å². The predicted molar refractivity (Wildman–Crippen MR) is 90.9 cm³/mol. The van der Waals surface area contributed by atoms with Gasteiger partial charge in [-0.2, -0.15) is 0 Å². The van der Waals surface area contributed by atoms with Crippen molar-refractivity contribution in [3.8, 4) is 0 Å². The normalized spacial score (nSPS) is 12.9. The molecule has 0 aliphatic heterocycles. The van der Waals surface area contributed by atoms with Crippen molar-refractivity contribution in [2.75, 3.05) is 47.1 Å². The molecule has 120 valence electrons. The SMILES string of the molecule is COCCCN(CCOC)C(CN)c1cc(Cl)ccc1Br. The van der Waals surface area contributed by atoms with Crippen LogP contribution in [-0.2, 0) is 9.47 Å². The van der Waals surface area contributed by atoms with Gasteiger partial charge in [0.05, 0.1) is 6.61 Å². The van der Waals surface area contributed by atoms with Crippen LogP contribution in [-0.4, -0.2) is 52.0 Å². The van der Waals surface area contributed by atoms with Crippen molar-refractivity contribution >= 4 is 27.5 Å². The standard InChI is InChI=1S/C15H24BrClN2O2/c1-20-8-3-6-19(7-9-21-2)15(11-18)13-10-12(17)4-5-14(13)16/h4-5,10,15H,3,6-9,11,18H2,1-2H3. The molecule has 0 spiro atoms. The predicted octanol–water partition coefficient (Wildman–Crippen LogP) is 3.09. The minimum absolute atomic E-state index is 0.102. The third-order valence-corrected chi connectivity index (χ3v) is 4.31. The van der Waals surface area contributed by atoms with Gasteiger partial charge in [-0.05, 0) is 30.2 Å². The Labute approximate surface area is 140 Å². The number of nitrogens with two attached hydrogens (primary N) is 1. The molecule has 0 saturated heterocycles. The molecule has 0 bridgehead atoms. The molecular weight excluding hydrogens is 356 g/mol. The summed E-state index contributed by atoms with van der Waals surface area (Å²) in [6.07, 6.45) is 0.953. The number of benzene rings is 1. The van der Waals surface area contributed by atoms with Crippen molar-refractivity contribution in [2.45, 2.75) is 12.5 Å². The summed E-state index contributed by atoms with van der Waals surface area (Å²) >= 11 is 9.72. The van der Waals surface area contributed by atoms with E-state index in [1.807, 2.05) is 18.2 Å². The molecule has 0 fully saturated rings. The molecule has 4 nitrogen and oxygen atoms in total. The van der Waals surface area contributed by atoms with E-state index in [2.05, 4.69) is 20.8 Å². The van der Waals surface area contributed by atoms with Crippen LogP contribution in [0.5, 0.6) is 0 Å². The van der Waals surface area contributed by atoms with Gasteiger partial charge in [-0.15, -0.1) is 0 Å². The Hall–Kier alpha value is -0.170. The van der Waals surface area contributed by atoms with E-state index in [1.54, 1.807) is 14.2 Å². The van der Waals surface area contributed by atoms with Crippen LogP contribution in [0, 0.1) is 0 Å². The lowest BCUT2D eigenvalue weighted by molar-refractivity contribution is 0.108. The molecule has 0 aliphatic carbocycles. The number of nitrogens with zero attached hydrogens (tertiary/aromatic N) is 1. The molecule has 1 rings (SSSR count). The Morgan fingerprint density at radius 1 is 1.24 bits per heavy atom. The number of hydrogen-bond donors (Lipinski definition) is 1. The molecule has 0 saturated carbocycles. The first kappa shape index (κ1) is 18.9. The molecule has 0 radical (unpaired) electrons. The zero-order chi connectivity index (χ0) is 15.7. The van der Waals surface area contributed by atoms with Crippen molar-refractivity contribution < 1.29 is 9.47 Å². The fourth-order valence-electron chi connectivity index (χ4n) is 2.29. The van der Waals surface area contributed by atoms with Crippen molar-refractivity contribution in [3.05, 3.63) is 33.3 Å². The first-order valence-electron chi connectivity index (χ1n) is 7.01. The molecular formula is C15H24BrClN2O2. The van der Waals surface area contributed by atoms with E-state index >= 15 is 0 Å². The number of hydrogen-bond acceptors (Lipinski definition) is 4. The van der Waals surface area contributed by atoms with Crippen LogP contribution in [0.25, 0.3) is 0 Å². The highest BCUT2D eigenvalue weighted by Crippen LogP contribution is 2.30. The molecule has 1 aromatic rings. The van der Waals surface area contributed by atoms with E-state index in [1.165, 1.54) is 0 Å². The Bertz CT molecular complexity index is 421. The molecule has 0 heterocycles. The maximum atomic E-state index is 6.13. The van der Waals surface area contributed by atoms with Gasteiger partial charge in [0.1, 0.15) is 0 Å². The number of ether oxygens (including phenoxy) is 2. The molecule has 21 heavy (non-hydrogen) atoms. The number of halogens is 2. The van der Waals surface area contributed by atoms with E-state index in [4.69, 9.17) is 26.8 Å². The highest BCUT2D eigenvalue weighted by molar-refractivity contribution is 9.10. The van der Waals surface area contributed by atoms with Crippen LogP contribution in [0.2, 0.25) is 5.02 Å². The summed E-state index contributed by atoms with van der Waals surface area (Å²) in [7, 11) is 3.42. The molecule has 1 unspecified atom stereocenters. The number of rotatable bonds is 10. The third kappa shape index (κ3) is 6.22. The smallest absolute Gasteiger partial charge is 0.0589 e. The van der Waals surface area contributed by atoms with E-state index in [9.17, 15) is 0 Å². The van der Waals surface area contributed by atoms with Crippen molar-refractivity contribution in [3.63, 3.8) is 0 Å². The lowest BCUT2D eigenvalue weighted by Crippen LogP contribution is -2.37. The summed E-state index contributed by atoms with van der Waals surface area (Å²) < 4.78 is 11.4. The summed E-state index contributed by atoms with van der Waals surface area (Å²) in [5.41, 5.74) is 7.13. The molecule has 6 heteroatoms. The van der Waals surface area contributed by atoms with Crippen molar-refractivity contribution in [1.29, 1.82) is 0 Å². The van der Waals surface area contributed by atoms with Gasteiger partial charge >= 0.3 is 0 Å². The van der Waals surface area contributed by atoms with Crippen LogP contribution in [0.1, 0.15) is 18.0 Å². The lowest BCUT2D eigenvalue weighted by atomic mass is 10.0. The Kier molecular flexibility index (Phi) is 9.47. The zero-order valence-corrected chi connectivity index (χ0v) is 15.0. The van der Waals surface area contributed by atoms with E-state index in [0.717, 1.165) is 41.2 Å². The number of methoxy groups -OCH3 is 2. The third-order valence-electron chi connectivity index (χ3n) is 3.36.